The lowest BCUT2D eigenvalue weighted by Crippen LogP contribution is -1.99. The third-order valence-corrected chi connectivity index (χ3v) is 2.72. The molecule has 0 bridgehead atoms. The SMILES string of the molecule is CCCNc1ccnc(-c2ccc(OC)cc2)c1. The summed E-state index contributed by atoms with van der Waals surface area (Å²) >= 11 is 0. The van der Waals surface area contributed by atoms with E-state index in [1.165, 1.54) is 0 Å². The number of hydrogen-bond donors (Lipinski definition) is 1. The van der Waals surface area contributed by atoms with Crippen LogP contribution in [0.25, 0.3) is 11.3 Å². The van der Waals surface area contributed by atoms with Crippen LogP contribution < -0.4 is 10.1 Å². The number of pyridine rings is 1. The van der Waals surface area contributed by atoms with E-state index in [4.69, 9.17) is 4.74 Å². The van der Waals surface area contributed by atoms with Gasteiger partial charge in [-0.1, -0.05) is 6.92 Å². The quantitative estimate of drug-likeness (QED) is 0.870. The average Bonchev–Trinajstić information content (AvgIpc) is 2.45. The van der Waals surface area contributed by atoms with Gasteiger partial charge in [-0.15, -0.1) is 0 Å². The van der Waals surface area contributed by atoms with E-state index in [2.05, 4.69) is 23.3 Å². The highest BCUT2D eigenvalue weighted by atomic mass is 16.5. The summed E-state index contributed by atoms with van der Waals surface area (Å²) in [6.07, 6.45) is 2.94. The van der Waals surface area contributed by atoms with Gasteiger partial charge in [0, 0.05) is 24.0 Å². The van der Waals surface area contributed by atoms with Gasteiger partial charge in [0.05, 0.1) is 12.8 Å². The van der Waals surface area contributed by atoms with Crippen LogP contribution in [0.2, 0.25) is 0 Å². The number of hydrogen-bond acceptors (Lipinski definition) is 3. The van der Waals surface area contributed by atoms with Crippen LogP contribution in [0.3, 0.4) is 0 Å². The van der Waals surface area contributed by atoms with Gasteiger partial charge in [-0.25, -0.2) is 0 Å². The van der Waals surface area contributed by atoms with Gasteiger partial charge in [-0.3, -0.25) is 4.98 Å². The number of nitrogens with one attached hydrogen (secondary N) is 1. The molecule has 1 N–H and O–H groups in total. The Balaban J connectivity index is 2.20. The molecule has 0 fully saturated rings. The Morgan fingerprint density at radius 1 is 1.17 bits per heavy atom. The molecule has 0 aliphatic heterocycles. The lowest BCUT2D eigenvalue weighted by molar-refractivity contribution is 0.415. The van der Waals surface area contributed by atoms with Crippen molar-refractivity contribution < 1.29 is 4.74 Å². The fourth-order valence-corrected chi connectivity index (χ4v) is 1.73. The van der Waals surface area contributed by atoms with Gasteiger partial charge in [0.25, 0.3) is 0 Å². The number of rotatable bonds is 5. The molecule has 0 saturated heterocycles. The van der Waals surface area contributed by atoms with Crippen LogP contribution in [0.4, 0.5) is 5.69 Å². The van der Waals surface area contributed by atoms with Crippen LogP contribution in [-0.4, -0.2) is 18.6 Å². The summed E-state index contributed by atoms with van der Waals surface area (Å²) in [5, 5.41) is 3.36. The van der Waals surface area contributed by atoms with Gasteiger partial charge in [0.15, 0.2) is 0 Å². The second-order valence-electron chi connectivity index (χ2n) is 4.09. The largest absolute Gasteiger partial charge is 0.497 e. The topological polar surface area (TPSA) is 34.2 Å². The standard InChI is InChI=1S/C15H18N2O/c1-3-9-16-13-8-10-17-15(11-13)12-4-6-14(18-2)7-5-12/h4-8,10-11H,3,9H2,1-2H3,(H,16,17). The van der Waals surface area contributed by atoms with Gasteiger partial charge in [-0.05, 0) is 42.8 Å². The normalized spacial score (nSPS) is 10.1. The van der Waals surface area contributed by atoms with Crippen molar-refractivity contribution in [3.8, 4) is 17.0 Å². The first kappa shape index (κ1) is 12.4. The maximum absolute atomic E-state index is 5.15. The zero-order valence-electron chi connectivity index (χ0n) is 10.8. The van der Waals surface area contributed by atoms with E-state index in [0.29, 0.717) is 0 Å². The van der Waals surface area contributed by atoms with Crippen molar-refractivity contribution in [2.45, 2.75) is 13.3 Å². The Morgan fingerprint density at radius 2 is 1.94 bits per heavy atom. The minimum absolute atomic E-state index is 0.860. The van der Waals surface area contributed by atoms with E-state index in [1.54, 1.807) is 7.11 Å². The third-order valence-electron chi connectivity index (χ3n) is 2.72. The Bertz CT molecular complexity index is 494. The molecule has 0 radical (unpaired) electrons. The van der Waals surface area contributed by atoms with E-state index < -0.39 is 0 Å². The fraction of sp³-hybridized carbons (Fsp3) is 0.267. The molecule has 3 heteroatoms. The molecule has 0 aliphatic carbocycles. The molecule has 0 amide bonds. The Kier molecular flexibility index (Phi) is 4.18. The Labute approximate surface area is 108 Å². The predicted molar refractivity (Wildman–Crippen MR) is 75.0 cm³/mol. The molecule has 0 aliphatic rings. The van der Waals surface area contributed by atoms with Gasteiger partial charge in [0.1, 0.15) is 5.75 Å². The van der Waals surface area contributed by atoms with E-state index in [9.17, 15) is 0 Å². The molecular formula is C15H18N2O. The first-order valence-corrected chi connectivity index (χ1v) is 6.18. The minimum atomic E-state index is 0.860. The van der Waals surface area contributed by atoms with Crippen molar-refractivity contribution >= 4 is 5.69 Å². The second kappa shape index (κ2) is 6.05. The molecule has 1 aromatic heterocycles. The summed E-state index contributed by atoms with van der Waals surface area (Å²) < 4.78 is 5.15. The van der Waals surface area contributed by atoms with Gasteiger partial charge >= 0.3 is 0 Å². The summed E-state index contributed by atoms with van der Waals surface area (Å²) in [7, 11) is 1.67. The lowest BCUT2D eigenvalue weighted by atomic mass is 10.1. The monoisotopic (exact) mass is 242 g/mol. The highest BCUT2D eigenvalue weighted by molar-refractivity contribution is 5.64. The first-order valence-electron chi connectivity index (χ1n) is 6.18. The maximum Gasteiger partial charge on any atom is 0.118 e. The zero-order valence-corrected chi connectivity index (χ0v) is 10.8. The van der Waals surface area contributed by atoms with Gasteiger partial charge in [-0.2, -0.15) is 0 Å². The second-order valence-corrected chi connectivity index (χ2v) is 4.09. The van der Waals surface area contributed by atoms with E-state index in [-0.39, 0.29) is 0 Å². The molecule has 18 heavy (non-hydrogen) atoms. The summed E-state index contributed by atoms with van der Waals surface area (Å²) in [6, 6.07) is 12.0. The number of anilines is 1. The van der Waals surface area contributed by atoms with Crippen LogP contribution in [-0.2, 0) is 0 Å². The average molecular weight is 242 g/mol. The highest BCUT2D eigenvalue weighted by Gasteiger charge is 2.01. The van der Waals surface area contributed by atoms with Crippen LogP contribution in [0, 0.1) is 0 Å². The maximum atomic E-state index is 5.15. The molecule has 94 valence electrons. The third kappa shape index (κ3) is 3.00. The lowest BCUT2D eigenvalue weighted by Gasteiger charge is -2.07. The molecule has 0 atom stereocenters. The van der Waals surface area contributed by atoms with Crippen molar-refractivity contribution in [3.63, 3.8) is 0 Å². The van der Waals surface area contributed by atoms with Gasteiger partial charge in [0.2, 0.25) is 0 Å². The highest BCUT2D eigenvalue weighted by Crippen LogP contribution is 2.22. The number of ether oxygens (including phenoxy) is 1. The molecular weight excluding hydrogens is 224 g/mol. The van der Waals surface area contributed by atoms with Gasteiger partial charge < -0.3 is 10.1 Å². The van der Waals surface area contributed by atoms with Crippen molar-refractivity contribution in [1.82, 2.24) is 4.98 Å². The summed E-state index contributed by atoms with van der Waals surface area (Å²) in [5.74, 6) is 0.860. The molecule has 3 nitrogen and oxygen atoms in total. The van der Waals surface area contributed by atoms with E-state index >= 15 is 0 Å². The van der Waals surface area contributed by atoms with E-state index in [1.807, 2.05) is 36.5 Å². The van der Waals surface area contributed by atoms with Crippen molar-refractivity contribution in [2.24, 2.45) is 0 Å². The van der Waals surface area contributed by atoms with Crippen molar-refractivity contribution in [2.75, 3.05) is 19.0 Å². The Morgan fingerprint density at radius 3 is 2.61 bits per heavy atom. The molecule has 2 rings (SSSR count). The molecule has 0 spiro atoms. The Hall–Kier alpha value is -2.03. The smallest absolute Gasteiger partial charge is 0.118 e. The number of methoxy groups -OCH3 is 1. The number of nitrogens with zero attached hydrogens (tertiary/aromatic N) is 1. The summed E-state index contributed by atoms with van der Waals surface area (Å²) in [4.78, 5) is 4.39. The first-order chi connectivity index (χ1) is 8.83. The van der Waals surface area contributed by atoms with Crippen molar-refractivity contribution in [3.05, 3.63) is 42.6 Å². The zero-order chi connectivity index (χ0) is 12.8. The van der Waals surface area contributed by atoms with Crippen molar-refractivity contribution in [1.29, 1.82) is 0 Å². The fourth-order valence-electron chi connectivity index (χ4n) is 1.73. The van der Waals surface area contributed by atoms with Crippen LogP contribution >= 0.6 is 0 Å². The predicted octanol–water partition coefficient (Wildman–Crippen LogP) is 3.58. The van der Waals surface area contributed by atoms with Crippen LogP contribution in [0.15, 0.2) is 42.6 Å². The molecule has 1 heterocycles. The number of aromatic nitrogens is 1. The van der Waals surface area contributed by atoms with Crippen LogP contribution in [0.5, 0.6) is 5.75 Å². The number of benzene rings is 1. The molecule has 0 saturated carbocycles. The van der Waals surface area contributed by atoms with E-state index in [0.717, 1.165) is 35.7 Å². The molecule has 1 aromatic carbocycles. The summed E-state index contributed by atoms with van der Waals surface area (Å²) in [5.41, 5.74) is 3.17. The minimum Gasteiger partial charge on any atom is -0.497 e. The molecule has 2 aromatic rings. The molecule has 0 unspecified atom stereocenters. The van der Waals surface area contributed by atoms with Crippen LogP contribution in [0.1, 0.15) is 13.3 Å². The summed E-state index contributed by atoms with van der Waals surface area (Å²) in [6.45, 7) is 3.13.